The lowest BCUT2D eigenvalue weighted by atomic mass is 10.1. The Labute approximate surface area is 169 Å². The number of hydrogen-bond donors (Lipinski definition) is 1. The van der Waals surface area contributed by atoms with Crippen LogP contribution in [0.15, 0.2) is 53.4 Å². The zero-order valence-corrected chi connectivity index (χ0v) is 16.0. The first-order valence-electron chi connectivity index (χ1n) is 8.80. The largest absolute Gasteiger partial charge is 0.398 e. The third-order valence-corrected chi connectivity index (χ3v) is 5.35. The van der Waals surface area contributed by atoms with Gasteiger partial charge < -0.3 is 5.32 Å². The molecule has 0 saturated carbocycles. The molecule has 1 N–H and O–H groups in total. The number of fused-ring (bicyclic) bond motifs is 1. The summed E-state index contributed by atoms with van der Waals surface area (Å²) in [5.74, 6) is -2.24. The van der Waals surface area contributed by atoms with Gasteiger partial charge in [-0.05, 0) is 30.7 Å². The van der Waals surface area contributed by atoms with Crippen molar-refractivity contribution in [2.45, 2.75) is 23.9 Å². The average Bonchev–Trinajstić information content (AvgIpc) is 2.92. The molecular weight excluding hydrogens is 405 g/mol. The Bertz CT molecular complexity index is 912. The van der Waals surface area contributed by atoms with Crippen molar-refractivity contribution in [3.63, 3.8) is 0 Å². The second-order valence-corrected chi connectivity index (χ2v) is 7.38. The SMILES string of the molecule is O=C(CCCN1C(=O)c2ccccc2C1=O)Nc1ccccc1SCC(F)(F)F. The molecule has 0 spiro atoms. The van der Waals surface area contributed by atoms with E-state index in [0.29, 0.717) is 33.5 Å². The number of hydrogen-bond acceptors (Lipinski definition) is 4. The molecule has 0 bridgehead atoms. The minimum atomic E-state index is -4.31. The summed E-state index contributed by atoms with van der Waals surface area (Å²) < 4.78 is 37.3. The number of amides is 3. The van der Waals surface area contributed by atoms with Crippen molar-refractivity contribution < 1.29 is 27.6 Å². The van der Waals surface area contributed by atoms with Crippen LogP contribution in [0.4, 0.5) is 18.9 Å². The van der Waals surface area contributed by atoms with Gasteiger partial charge >= 0.3 is 6.18 Å². The molecule has 152 valence electrons. The number of carbonyl (C=O) groups excluding carboxylic acids is 3. The van der Waals surface area contributed by atoms with Crippen LogP contribution in [0.3, 0.4) is 0 Å². The number of imide groups is 1. The molecule has 9 heteroatoms. The first kappa shape index (κ1) is 20.9. The molecule has 0 unspecified atom stereocenters. The van der Waals surface area contributed by atoms with E-state index in [1.54, 1.807) is 36.4 Å². The number of halogens is 3. The molecule has 0 saturated heterocycles. The third-order valence-electron chi connectivity index (χ3n) is 4.22. The average molecular weight is 422 g/mol. The highest BCUT2D eigenvalue weighted by Gasteiger charge is 2.34. The summed E-state index contributed by atoms with van der Waals surface area (Å²) in [4.78, 5) is 38.2. The van der Waals surface area contributed by atoms with Crippen LogP contribution in [0, 0.1) is 0 Å². The molecular formula is C20H17F3N2O3S. The van der Waals surface area contributed by atoms with Crippen LogP contribution in [0.2, 0.25) is 0 Å². The number of rotatable bonds is 7. The maximum atomic E-state index is 12.4. The van der Waals surface area contributed by atoms with Gasteiger partial charge in [0.25, 0.3) is 11.8 Å². The van der Waals surface area contributed by atoms with Gasteiger partial charge in [0.15, 0.2) is 0 Å². The molecule has 0 aromatic heterocycles. The lowest BCUT2D eigenvalue weighted by molar-refractivity contribution is -0.116. The van der Waals surface area contributed by atoms with Crippen LogP contribution in [-0.4, -0.2) is 41.1 Å². The summed E-state index contributed by atoms with van der Waals surface area (Å²) in [6.07, 6.45) is -4.05. The van der Waals surface area contributed by atoms with Gasteiger partial charge in [0, 0.05) is 17.9 Å². The summed E-state index contributed by atoms with van der Waals surface area (Å²) in [6, 6.07) is 12.8. The number of benzene rings is 2. The summed E-state index contributed by atoms with van der Waals surface area (Å²) in [7, 11) is 0. The van der Waals surface area contributed by atoms with Crippen molar-refractivity contribution in [2.24, 2.45) is 0 Å². The molecule has 3 amide bonds. The maximum Gasteiger partial charge on any atom is 0.398 e. The van der Waals surface area contributed by atoms with Crippen LogP contribution < -0.4 is 5.32 Å². The first-order valence-corrected chi connectivity index (χ1v) is 9.78. The standard InChI is InChI=1S/C20H17F3N2O3S/c21-20(22,23)12-29-16-9-4-3-8-15(16)24-17(26)10-5-11-25-18(27)13-6-1-2-7-14(13)19(25)28/h1-4,6-9H,5,10-12H2,(H,24,26). The molecule has 0 radical (unpaired) electrons. The first-order chi connectivity index (χ1) is 13.8. The van der Waals surface area contributed by atoms with Crippen molar-refractivity contribution in [1.82, 2.24) is 4.90 Å². The summed E-state index contributed by atoms with van der Waals surface area (Å²) in [5.41, 5.74) is 0.989. The zero-order valence-electron chi connectivity index (χ0n) is 15.2. The van der Waals surface area contributed by atoms with Crippen molar-refractivity contribution in [3.8, 4) is 0 Å². The van der Waals surface area contributed by atoms with Crippen LogP contribution in [0.25, 0.3) is 0 Å². The van der Waals surface area contributed by atoms with E-state index in [0.717, 1.165) is 4.90 Å². The van der Waals surface area contributed by atoms with Gasteiger partial charge in [0.05, 0.1) is 22.6 Å². The molecule has 29 heavy (non-hydrogen) atoms. The Morgan fingerprint density at radius 1 is 0.966 bits per heavy atom. The van der Waals surface area contributed by atoms with E-state index in [-0.39, 0.29) is 31.2 Å². The molecule has 5 nitrogen and oxygen atoms in total. The second-order valence-electron chi connectivity index (χ2n) is 6.36. The normalized spacial score (nSPS) is 13.6. The van der Waals surface area contributed by atoms with E-state index < -0.39 is 17.8 Å². The van der Waals surface area contributed by atoms with Gasteiger partial charge in [-0.3, -0.25) is 19.3 Å². The molecule has 3 rings (SSSR count). The molecule has 0 fully saturated rings. The molecule has 2 aromatic carbocycles. The predicted molar refractivity (Wildman–Crippen MR) is 103 cm³/mol. The van der Waals surface area contributed by atoms with Crippen LogP contribution in [0.1, 0.15) is 33.6 Å². The lowest BCUT2D eigenvalue weighted by Gasteiger charge is -2.14. The fourth-order valence-corrected chi connectivity index (χ4v) is 3.68. The monoisotopic (exact) mass is 422 g/mol. The smallest absolute Gasteiger partial charge is 0.325 e. The molecule has 2 aromatic rings. The minimum absolute atomic E-state index is 0.0195. The van der Waals surface area contributed by atoms with Gasteiger partial charge in [-0.25, -0.2) is 0 Å². The van der Waals surface area contributed by atoms with Crippen molar-refractivity contribution in [3.05, 3.63) is 59.7 Å². The van der Waals surface area contributed by atoms with Crippen LogP contribution in [-0.2, 0) is 4.79 Å². The predicted octanol–water partition coefficient (Wildman–Crippen LogP) is 4.36. The van der Waals surface area contributed by atoms with E-state index in [1.807, 2.05) is 0 Å². The lowest BCUT2D eigenvalue weighted by Crippen LogP contribution is -2.31. The minimum Gasteiger partial charge on any atom is -0.325 e. The molecule has 0 atom stereocenters. The second kappa shape index (κ2) is 8.69. The highest BCUT2D eigenvalue weighted by Crippen LogP contribution is 2.32. The van der Waals surface area contributed by atoms with Gasteiger partial charge in [0.2, 0.25) is 5.91 Å². The number of thioether (sulfide) groups is 1. The quantitative estimate of drug-likeness (QED) is 0.532. The van der Waals surface area contributed by atoms with Crippen molar-refractivity contribution in [1.29, 1.82) is 0 Å². The highest BCUT2D eigenvalue weighted by atomic mass is 32.2. The Balaban J connectivity index is 1.53. The molecule has 0 aliphatic carbocycles. The summed E-state index contributed by atoms with van der Waals surface area (Å²) >= 11 is 0.596. The summed E-state index contributed by atoms with van der Waals surface area (Å²) in [5, 5.41) is 2.60. The van der Waals surface area contributed by atoms with Crippen LogP contribution >= 0.6 is 11.8 Å². The number of anilines is 1. The number of nitrogens with one attached hydrogen (secondary N) is 1. The number of nitrogens with zero attached hydrogens (tertiary/aromatic N) is 1. The molecule has 1 heterocycles. The van der Waals surface area contributed by atoms with E-state index in [1.165, 1.54) is 12.1 Å². The van der Waals surface area contributed by atoms with E-state index >= 15 is 0 Å². The summed E-state index contributed by atoms with van der Waals surface area (Å²) in [6.45, 7) is 0.0875. The Morgan fingerprint density at radius 3 is 2.17 bits per heavy atom. The topological polar surface area (TPSA) is 66.5 Å². The molecule has 1 aliphatic heterocycles. The number of alkyl halides is 3. The fraction of sp³-hybridized carbons (Fsp3) is 0.250. The molecule has 1 aliphatic rings. The van der Waals surface area contributed by atoms with Gasteiger partial charge in [-0.15, -0.1) is 11.8 Å². The van der Waals surface area contributed by atoms with Crippen molar-refractivity contribution in [2.75, 3.05) is 17.6 Å². The highest BCUT2D eigenvalue weighted by molar-refractivity contribution is 7.99. The number of carbonyl (C=O) groups is 3. The fourth-order valence-electron chi connectivity index (χ4n) is 2.91. The Morgan fingerprint density at radius 2 is 1.55 bits per heavy atom. The number of para-hydroxylation sites is 1. The van der Waals surface area contributed by atoms with E-state index in [2.05, 4.69) is 5.32 Å². The van der Waals surface area contributed by atoms with Crippen molar-refractivity contribution >= 4 is 35.2 Å². The Kier molecular flexibility index (Phi) is 6.26. The van der Waals surface area contributed by atoms with E-state index in [9.17, 15) is 27.6 Å². The zero-order chi connectivity index (χ0) is 21.0. The van der Waals surface area contributed by atoms with Gasteiger partial charge in [0.1, 0.15) is 0 Å². The Hall–Kier alpha value is -2.81. The van der Waals surface area contributed by atoms with Crippen LogP contribution in [0.5, 0.6) is 0 Å². The van der Waals surface area contributed by atoms with Gasteiger partial charge in [-0.2, -0.15) is 13.2 Å². The maximum absolute atomic E-state index is 12.4. The van der Waals surface area contributed by atoms with E-state index in [4.69, 9.17) is 0 Å². The van der Waals surface area contributed by atoms with Gasteiger partial charge in [-0.1, -0.05) is 24.3 Å². The third kappa shape index (κ3) is 5.17.